The molecule has 1 aliphatic rings. The molecule has 1 fully saturated rings. The lowest BCUT2D eigenvalue weighted by atomic mass is 10.1. The first-order valence-electron chi connectivity index (χ1n) is 10.4. The van der Waals surface area contributed by atoms with Crippen molar-refractivity contribution in [1.82, 2.24) is 4.90 Å². The number of likely N-dealkylation sites (tertiary alicyclic amines) is 1. The highest BCUT2D eigenvalue weighted by Gasteiger charge is 2.28. The summed E-state index contributed by atoms with van der Waals surface area (Å²) in [5.74, 6) is 0.620. The van der Waals surface area contributed by atoms with E-state index in [1.165, 1.54) is 0 Å². The Hall–Kier alpha value is -2.74. The lowest BCUT2D eigenvalue weighted by Crippen LogP contribution is -2.46. The van der Waals surface area contributed by atoms with Gasteiger partial charge in [-0.2, -0.15) is 0 Å². The van der Waals surface area contributed by atoms with Gasteiger partial charge in [0.25, 0.3) is 10.0 Å². The maximum atomic E-state index is 12.5. The molecule has 2 aromatic rings. The largest absolute Gasteiger partial charge is 0.489 e. The molecule has 1 saturated heterocycles. The van der Waals surface area contributed by atoms with Crippen LogP contribution in [0.15, 0.2) is 53.4 Å². The van der Waals surface area contributed by atoms with Crippen LogP contribution in [0.5, 0.6) is 5.75 Å². The van der Waals surface area contributed by atoms with Crippen molar-refractivity contribution in [2.75, 3.05) is 17.8 Å². The van der Waals surface area contributed by atoms with E-state index in [2.05, 4.69) is 4.72 Å². The molecular formula is C23H30N2O5S. The van der Waals surface area contributed by atoms with Crippen LogP contribution in [-0.2, 0) is 14.8 Å². The SMILES string of the molecule is Cc1ccc(S(=O)(=O)Nc2ccc(OC3CCCN(C(=O)OC(C)(C)C)C3)cc2)cc1. The van der Waals surface area contributed by atoms with Gasteiger partial charge in [0.1, 0.15) is 17.5 Å². The van der Waals surface area contributed by atoms with Crippen LogP contribution >= 0.6 is 0 Å². The summed E-state index contributed by atoms with van der Waals surface area (Å²) in [7, 11) is -3.65. The first-order chi connectivity index (χ1) is 14.5. The molecule has 0 aromatic heterocycles. The minimum atomic E-state index is -3.65. The van der Waals surface area contributed by atoms with E-state index in [0.29, 0.717) is 24.5 Å². The Kier molecular flexibility index (Phi) is 6.79. The summed E-state index contributed by atoms with van der Waals surface area (Å²) >= 11 is 0. The number of sulfonamides is 1. The Bertz CT molecular complexity index is 996. The summed E-state index contributed by atoms with van der Waals surface area (Å²) in [5, 5.41) is 0. The third-order valence-electron chi connectivity index (χ3n) is 4.77. The molecule has 168 valence electrons. The van der Waals surface area contributed by atoms with Gasteiger partial charge in [0.15, 0.2) is 0 Å². The van der Waals surface area contributed by atoms with Crippen molar-refractivity contribution in [3.63, 3.8) is 0 Å². The third-order valence-corrected chi connectivity index (χ3v) is 6.17. The molecule has 1 heterocycles. The number of carbonyl (C=O) groups excluding carboxylic acids is 1. The van der Waals surface area contributed by atoms with Crippen LogP contribution in [0.1, 0.15) is 39.2 Å². The van der Waals surface area contributed by atoms with E-state index >= 15 is 0 Å². The van der Waals surface area contributed by atoms with Crippen LogP contribution < -0.4 is 9.46 Å². The average Bonchev–Trinajstić information content (AvgIpc) is 2.68. The van der Waals surface area contributed by atoms with Crippen LogP contribution in [0.25, 0.3) is 0 Å². The van der Waals surface area contributed by atoms with Gasteiger partial charge in [-0.3, -0.25) is 4.72 Å². The lowest BCUT2D eigenvalue weighted by molar-refractivity contribution is 0.00776. The van der Waals surface area contributed by atoms with Crippen molar-refractivity contribution < 1.29 is 22.7 Å². The van der Waals surface area contributed by atoms with E-state index in [0.717, 1.165) is 18.4 Å². The first kappa shape index (κ1) is 22.9. The maximum absolute atomic E-state index is 12.5. The fourth-order valence-electron chi connectivity index (χ4n) is 3.25. The minimum absolute atomic E-state index is 0.142. The highest BCUT2D eigenvalue weighted by Crippen LogP contribution is 2.23. The summed E-state index contributed by atoms with van der Waals surface area (Å²) in [6, 6.07) is 13.4. The molecule has 0 radical (unpaired) electrons. The smallest absolute Gasteiger partial charge is 0.410 e. The van der Waals surface area contributed by atoms with Gasteiger partial charge in [-0.05, 0) is 76.9 Å². The quantitative estimate of drug-likeness (QED) is 0.727. The number of rotatable bonds is 5. The first-order valence-corrected chi connectivity index (χ1v) is 11.8. The average molecular weight is 447 g/mol. The predicted molar refractivity (Wildman–Crippen MR) is 120 cm³/mol. The maximum Gasteiger partial charge on any atom is 0.410 e. The van der Waals surface area contributed by atoms with Crippen molar-refractivity contribution in [3.8, 4) is 5.75 Å². The fourth-order valence-corrected chi connectivity index (χ4v) is 4.31. The highest BCUT2D eigenvalue weighted by molar-refractivity contribution is 7.92. The molecule has 0 saturated carbocycles. The summed E-state index contributed by atoms with van der Waals surface area (Å²) < 4.78 is 39.1. The number of anilines is 1. The number of hydrogen-bond acceptors (Lipinski definition) is 5. The van der Waals surface area contributed by atoms with Gasteiger partial charge in [-0.25, -0.2) is 13.2 Å². The Morgan fingerprint density at radius 2 is 1.71 bits per heavy atom. The van der Waals surface area contributed by atoms with Gasteiger partial charge >= 0.3 is 6.09 Å². The Morgan fingerprint density at radius 1 is 1.06 bits per heavy atom. The Balaban J connectivity index is 1.59. The van der Waals surface area contributed by atoms with E-state index in [1.807, 2.05) is 27.7 Å². The van der Waals surface area contributed by atoms with Gasteiger partial charge in [0, 0.05) is 12.2 Å². The fraction of sp³-hybridized carbons (Fsp3) is 0.435. The molecule has 1 aliphatic heterocycles. The van der Waals surface area contributed by atoms with Crippen molar-refractivity contribution >= 4 is 21.8 Å². The van der Waals surface area contributed by atoms with Crippen LogP contribution in [-0.4, -0.2) is 44.2 Å². The number of aryl methyl sites for hydroxylation is 1. The molecule has 31 heavy (non-hydrogen) atoms. The molecule has 8 heteroatoms. The molecule has 1 N–H and O–H groups in total. The summed E-state index contributed by atoms with van der Waals surface area (Å²) in [5.41, 5.74) is 0.910. The van der Waals surface area contributed by atoms with E-state index in [4.69, 9.17) is 9.47 Å². The van der Waals surface area contributed by atoms with Crippen molar-refractivity contribution in [3.05, 3.63) is 54.1 Å². The van der Waals surface area contributed by atoms with Crippen molar-refractivity contribution in [2.45, 2.75) is 57.1 Å². The number of ether oxygens (including phenoxy) is 2. The zero-order chi connectivity index (χ0) is 22.6. The van der Waals surface area contributed by atoms with Crippen LogP contribution in [0.3, 0.4) is 0 Å². The second kappa shape index (κ2) is 9.18. The van der Waals surface area contributed by atoms with Crippen LogP contribution in [0, 0.1) is 6.92 Å². The standard InChI is InChI=1S/C23H30N2O5S/c1-17-7-13-21(14-8-17)31(27,28)24-18-9-11-19(12-10-18)29-20-6-5-15-25(16-20)22(26)30-23(2,3)4/h7-14,20,24H,5-6,15-16H2,1-4H3. The van der Waals surface area contributed by atoms with E-state index in [-0.39, 0.29) is 17.1 Å². The molecule has 0 aliphatic carbocycles. The molecule has 1 amide bonds. The van der Waals surface area contributed by atoms with E-state index in [1.54, 1.807) is 53.4 Å². The molecule has 2 aromatic carbocycles. The third kappa shape index (κ3) is 6.62. The number of nitrogens with zero attached hydrogens (tertiary/aromatic N) is 1. The van der Waals surface area contributed by atoms with Crippen LogP contribution in [0.4, 0.5) is 10.5 Å². The Labute approximate surface area is 184 Å². The lowest BCUT2D eigenvalue weighted by Gasteiger charge is -2.34. The summed E-state index contributed by atoms with van der Waals surface area (Å²) in [6.07, 6.45) is 1.19. The Morgan fingerprint density at radius 3 is 2.32 bits per heavy atom. The topological polar surface area (TPSA) is 84.9 Å². The summed E-state index contributed by atoms with van der Waals surface area (Å²) in [4.78, 5) is 14.2. The molecule has 1 unspecified atom stereocenters. The predicted octanol–water partition coefficient (Wildman–Crippen LogP) is 4.57. The van der Waals surface area contributed by atoms with Gasteiger partial charge in [0.2, 0.25) is 0 Å². The summed E-state index contributed by atoms with van der Waals surface area (Å²) in [6.45, 7) is 8.54. The number of benzene rings is 2. The van der Waals surface area contributed by atoms with Gasteiger partial charge in [-0.1, -0.05) is 17.7 Å². The van der Waals surface area contributed by atoms with Gasteiger partial charge in [-0.15, -0.1) is 0 Å². The number of amides is 1. The molecule has 0 spiro atoms. The second-order valence-corrected chi connectivity index (χ2v) is 10.4. The van der Waals surface area contributed by atoms with E-state index in [9.17, 15) is 13.2 Å². The number of nitrogens with one attached hydrogen (secondary N) is 1. The highest BCUT2D eigenvalue weighted by atomic mass is 32.2. The molecule has 7 nitrogen and oxygen atoms in total. The second-order valence-electron chi connectivity index (χ2n) is 8.75. The normalized spacial score (nSPS) is 17.2. The molecule has 3 rings (SSSR count). The number of piperidine rings is 1. The zero-order valence-corrected chi connectivity index (χ0v) is 19.2. The van der Waals surface area contributed by atoms with Crippen molar-refractivity contribution in [2.24, 2.45) is 0 Å². The number of carbonyl (C=O) groups is 1. The van der Waals surface area contributed by atoms with E-state index < -0.39 is 15.6 Å². The molecular weight excluding hydrogens is 416 g/mol. The minimum Gasteiger partial charge on any atom is -0.489 e. The molecule has 1 atom stereocenters. The van der Waals surface area contributed by atoms with Gasteiger partial charge in [0.05, 0.1) is 11.4 Å². The van der Waals surface area contributed by atoms with Crippen LogP contribution in [0.2, 0.25) is 0 Å². The van der Waals surface area contributed by atoms with Gasteiger partial charge < -0.3 is 14.4 Å². The zero-order valence-electron chi connectivity index (χ0n) is 18.4. The monoisotopic (exact) mass is 446 g/mol. The molecule has 0 bridgehead atoms. The van der Waals surface area contributed by atoms with Crippen molar-refractivity contribution in [1.29, 1.82) is 0 Å². The number of hydrogen-bond donors (Lipinski definition) is 1.